The Kier molecular flexibility index (Phi) is 6.44. The van der Waals surface area contributed by atoms with E-state index in [1.165, 1.54) is 16.0 Å². The van der Waals surface area contributed by atoms with Gasteiger partial charge in [-0.05, 0) is 41.0 Å². The molecule has 2 aromatic carbocycles. The molecule has 7 nitrogen and oxygen atoms in total. The standard InChI is InChI=1S/C25H28N2O5/c1-2-11-27(14-23(28)29)24(30)21-12-16(21)13-26-25(31)32-15-22-19-9-5-3-7-17(19)18-8-4-6-10-20(18)22/h3-10,16,21-22H,2,11-15H2,1H3,(H,26,31)(H,28,29). The summed E-state index contributed by atoms with van der Waals surface area (Å²) in [5, 5.41) is 11.8. The van der Waals surface area contributed by atoms with Gasteiger partial charge in [-0.15, -0.1) is 0 Å². The molecular weight excluding hydrogens is 408 g/mol. The van der Waals surface area contributed by atoms with E-state index in [0.717, 1.165) is 11.1 Å². The van der Waals surface area contributed by atoms with Gasteiger partial charge in [0.25, 0.3) is 0 Å². The summed E-state index contributed by atoms with van der Waals surface area (Å²) in [6, 6.07) is 16.3. The highest BCUT2D eigenvalue weighted by molar-refractivity contribution is 5.85. The van der Waals surface area contributed by atoms with E-state index < -0.39 is 12.1 Å². The molecule has 2 aromatic rings. The topological polar surface area (TPSA) is 95.9 Å². The molecule has 1 saturated carbocycles. The van der Waals surface area contributed by atoms with Crippen molar-refractivity contribution in [3.8, 4) is 11.1 Å². The highest BCUT2D eigenvalue weighted by atomic mass is 16.5. The smallest absolute Gasteiger partial charge is 0.407 e. The molecule has 0 aromatic heterocycles. The molecule has 0 heterocycles. The number of hydrogen-bond acceptors (Lipinski definition) is 4. The quantitative estimate of drug-likeness (QED) is 0.627. The highest BCUT2D eigenvalue weighted by Gasteiger charge is 2.45. The van der Waals surface area contributed by atoms with Gasteiger partial charge in [0.1, 0.15) is 13.2 Å². The van der Waals surface area contributed by atoms with Crippen LogP contribution in [-0.2, 0) is 14.3 Å². The SMILES string of the molecule is CCCN(CC(=O)O)C(=O)C1CC1CNC(=O)OCC1c2ccccc2-c2ccccc21. The first-order chi connectivity index (χ1) is 15.5. The minimum absolute atomic E-state index is 0.00187. The second-order valence-corrected chi connectivity index (χ2v) is 8.46. The van der Waals surface area contributed by atoms with E-state index in [4.69, 9.17) is 9.84 Å². The van der Waals surface area contributed by atoms with E-state index in [2.05, 4.69) is 29.6 Å². The predicted octanol–water partition coefficient (Wildman–Crippen LogP) is 3.48. The third kappa shape index (κ3) is 4.61. The number of aliphatic carboxylic acids is 1. The van der Waals surface area contributed by atoms with Crippen molar-refractivity contribution in [1.29, 1.82) is 0 Å². The number of alkyl carbamates (subject to hydrolysis) is 1. The minimum atomic E-state index is -1.01. The van der Waals surface area contributed by atoms with Crippen molar-refractivity contribution >= 4 is 18.0 Å². The number of carbonyl (C=O) groups excluding carboxylic acids is 2. The number of nitrogens with zero attached hydrogens (tertiary/aromatic N) is 1. The molecule has 0 spiro atoms. The van der Waals surface area contributed by atoms with Gasteiger partial charge in [0.05, 0.1) is 0 Å². The zero-order valence-corrected chi connectivity index (χ0v) is 18.1. The third-order valence-corrected chi connectivity index (χ3v) is 6.22. The van der Waals surface area contributed by atoms with Crippen LogP contribution in [0.5, 0.6) is 0 Å². The van der Waals surface area contributed by atoms with Gasteiger partial charge in [0, 0.05) is 24.9 Å². The summed E-state index contributed by atoms with van der Waals surface area (Å²) in [7, 11) is 0. The molecule has 0 aliphatic heterocycles. The minimum Gasteiger partial charge on any atom is -0.480 e. The zero-order valence-electron chi connectivity index (χ0n) is 18.1. The lowest BCUT2D eigenvalue weighted by Crippen LogP contribution is -2.38. The van der Waals surface area contributed by atoms with Crippen LogP contribution in [0, 0.1) is 11.8 Å². The second kappa shape index (κ2) is 9.42. The van der Waals surface area contributed by atoms with Crippen LogP contribution in [0.4, 0.5) is 4.79 Å². The molecular formula is C25H28N2O5. The number of carboxylic acid groups (broad SMARTS) is 1. The van der Waals surface area contributed by atoms with Crippen molar-refractivity contribution < 1.29 is 24.2 Å². The van der Waals surface area contributed by atoms with E-state index in [-0.39, 0.29) is 36.8 Å². The summed E-state index contributed by atoms with van der Waals surface area (Å²) >= 11 is 0. The van der Waals surface area contributed by atoms with E-state index in [9.17, 15) is 14.4 Å². The van der Waals surface area contributed by atoms with Crippen LogP contribution in [0.25, 0.3) is 11.1 Å². The fourth-order valence-electron chi connectivity index (χ4n) is 4.57. The van der Waals surface area contributed by atoms with Crippen LogP contribution in [0.3, 0.4) is 0 Å². The number of carbonyl (C=O) groups is 3. The van der Waals surface area contributed by atoms with E-state index in [1.54, 1.807) is 0 Å². The van der Waals surface area contributed by atoms with Crippen LogP contribution < -0.4 is 5.32 Å². The molecule has 2 aliphatic rings. The molecule has 168 valence electrons. The Balaban J connectivity index is 1.27. The summed E-state index contributed by atoms with van der Waals surface area (Å²) in [4.78, 5) is 37.2. The lowest BCUT2D eigenvalue weighted by atomic mass is 9.98. The predicted molar refractivity (Wildman–Crippen MR) is 119 cm³/mol. The van der Waals surface area contributed by atoms with E-state index in [0.29, 0.717) is 25.9 Å². The molecule has 2 N–H and O–H groups in total. The zero-order chi connectivity index (χ0) is 22.7. The van der Waals surface area contributed by atoms with Crippen LogP contribution in [0.2, 0.25) is 0 Å². The Morgan fingerprint density at radius 1 is 1.06 bits per heavy atom. The highest BCUT2D eigenvalue weighted by Crippen LogP contribution is 2.44. The molecule has 2 amide bonds. The average Bonchev–Trinajstić information content (AvgIpc) is 3.50. The molecule has 0 saturated heterocycles. The lowest BCUT2D eigenvalue weighted by molar-refractivity contribution is -0.145. The largest absolute Gasteiger partial charge is 0.480 e. The van der Waals surface area contributed by atoms with Crippen LogP contribution in [-0.4, -0.2) is 54.2 Å². The average molecular weight is 437 g/mol. The molecule has 2 atom stereocenters. The first kappa shape index (κ1) is 21.9. The Hall–Kier alpha value is -3.35. The number of nitrogens with one attached hydrogen (secondary N) is 1. The summed E-state index contributed by atoms with van der Waals surface area (Å²) in [6.07, 6.45) is 0.859. The van der Waals surface area contributed by atoms with Crippen LogP contribution >= 0.6 is 0 Å². The monoisotopic (exact) mass is 436 g/mol. The molecule has 32 heavy (non-hydrogen) atoms. The Morgan fingerprint density at radius 2 is 1.69 bits per heavy atom. The fourth-order valence-corrected chi connectivity index (χ4v) is 4.57. The molecule has 1 fully saturated rings. The number of carboxylic acids is 1. The van der Waals surface area contributed by atoms with Crippen molar-refractivity contribution in [2.45, 2.75) is 25.7 Å². The van der Waals surface area contributed by atoms with Gasteiger partial charge in [0.15, 0.2) is 0 Å². The normalized spacial score (nSPS) is 18.4. The number of hydrogen-bond donors (Lipinski definition) is 2. The Morgan fingerprint density at radius 3 is 2.28 bits per heavy atom. The van der Waals surface area contributed by atoms with E-state index in [1.807, 2.05) is 31.2 Å². The number of fused-ring (bicyclic) bond motifs is 3. The van der Waals surface area contributed by atoms with Gasteiger partial charge in [0.2, 0.25) is 5.91 Å². The first-order valence-corrected chi connectivity index (χ1v) is 11.1. The summed E-state index contributed by atoms with van der Waals surface area (Å²) in [5.41, 5.74) is 4.66. The number of rotatable bonds is 9. The molecule has 0 radical (unpaired) electrons. The lowest BCUT2D eigenvalue weighted by Gasteiger charge is -2.20. The number of benzene rings is 2. The van der Waals surface area contributed by atoms with Gasteiger partial charge in [-0.2, -0.15) is 0 Å². The van der Waals surface area contributed by atoms with Crippen molar-refractivity contribution in [2.75, 3.05) is 26.2 Å². The van der Waals surface area contributed by atoms with Crippen LogP contribution in [0.15, 0.2) is 48.5 Å². The van der Waals surface area contributed by atoms with Gasteiger partial charge in [-0.25, -0.2) is 4.79 Å². The third-order valence-electron chi connectivity index (χ3n) is 6.22. The summed E-state index contributed by atoms with van der Waals surface area (Å²) in [5.74, 6) is -1.36. The van der Waals surface area contributed by atoms with Gasteiger partial charge in [-0.3, -0.25) is 9.59 Å². The van der Waals surface area contributed by atoms with Crippen molar-refractivity contribution in [3.05, 3.63) is 59.7 Å². The van der Waals surface area contributed by atoms with Crippen molar-refractivity contribution in [1.82, 2.24) is 10.2 Å². The Labute approximate surface area is 187 Å². The van der Waals surface area contributed by atoms with E-state index >= 15 is 0 Å². The second-order valence-electron chi connectivity index (χ2n) is 8.46. The molecule has 2 unspecified atom stereocenters. The maximum atomic E-state index is 12.5. The summed E-state index contributed by atoms with van der Waals surface area (Å²) < 4.78 is 5.53. The first-order valence-electron chi connectivity index (χ1n) is 11.1. The summed E-state index contributed by atoms with van der Waals surface area (Å²) in [6.45, 7) is 2.64. The van der Waals surface area contributed by atoms with Crippen LogP contribution in [0.1, 0.15) is 36.8 Å². The molecule has 7 heteroatoms. The molecule has 2 aliphatic carbocycles. The van der Waals surface area contributed by atoms with Crippen molar-refractivity contribution in [2.24, 2.45) is 11.8 Å². The number of ether oxygens (including phenoxy) is 1. The van der Waals surface area contributed by atoms with Gasteiger partial charge in [-0.1, -0.05) is 55.5 Å². The molecule has 4 rings (SSSR count). The Bertz CT molecular complexity index is 975. The maximum Gasteiger partial charge on any atom is 0.407 e. The molecule has 0 bridgehead atoms. The number of amides is 2. The van der Waals surface area contributed by atoms with Crippen molar-refractivity contribution in [3.63, 3.8) is 0 Å². The van der Waals surface area contributed by atoms with Gasteiger partial charge >= 0.3 is 12.1 Å². The fraction of sp³-hybridized carbons (Fsp3) is 0.400. The maximum absolute atomic E-state index is 12.5. The van der Waals surface area contributed by atoms with Gasteiger partial charge < -0.3 is 20.1 Å².